The van der Waals surface area contributed by atoms with Crippen molar-refractivity contribution in [2.45, 2.75) is 32.4 Å². The molecule has 2 amide bonds. The van der Waals surface area contributed by atoms with E-state index in [9.17, 15) is 9.59 Å². The lowest BCUT2D eigenvalue weighted by Crippen LogP contribution is -2.28. The Morgan fingerprint density at radius 2 is 1.61 bits per heavy atom. The Bertz CT molecular complexity index is 1620. The summed E-state index contributed by atoms with van der Waals surface area (Å²) < 4.78 is 0. The van der Waals surface area contributed by atoms with Crippen LogP contribution in [0, 0.1) is 0 Å². The number of thiazole rings is 2. The van der Waals surface area contributed by atoms with Gasteiger partial charge in [0.25, 0.3) is 11.8 Å². The highest BCUT2D eigenvalue weighted by Crippen LogP contribution is 2.42. The fraction of sp³-hybridized carbons (Fsp3) is 0.333. The average molecular weight is 587 g/mol. The second-order valence-corrected chi connectivity index (χ2v) is 12.6. The summed E-state index contributed by atoms with van der Waals surface area (Å²) in [6, 6.07) is 12.3. The maximum absolute atomic E-state index is 13.6. The number of benzene rings is 2. The van der Waals surface area contributed by atoms with Crippen molar-refractivity contribution in [3.63, 3.8) is 0 Å². The van der Waals surface area contributed by atoms with Crippen molar-refractivity contribution >= 4 is 45.9 Å². The number of fused-ring (bicyclic) bond motifs is 3. The molecule has 41 heavy (non-hydrogen) atoms. The van der Waals surface area contributed by atoms with E-state index in [0.29, 0.717) is 36.2 Å². The van der Waals surface area contributed by atoms with Gasteiger partial charge < -0.3 is 25.5 Å². The SMILES string of the molecule is O=C(c1ncc(CNCCO)s1)N1CCc2c(-c3cccc4c3CCN4C(=O)c3nc4c(s3)CNCC4)cccc21. The summed E-state index contributed by atoms with van der Waals surface area (Å²) in [5.74, 6) is -0.111. The zero-order valence-electron chi connectivity index (χ0n) is 22.5. The molecule has 4 aromatic rings. The highest BCUT2D eigenvalue weighted by Gasteiger charge is 2.33. The van der Waals surface area contributed by atoms with Crippen LogP contribution >= 0.6 is 22.7 Å². The number of carbonyl (C=O) groups excluding carboxylic acids is 2. The Morgan fingerprint density at radius 1 is 0.927 bits per heavy atom. The van der Waals surface area contributed by atoms with Gasteiger partial charge in [-0.1, -0.05) is 24.3 Å². The number of nitrogens with one attached hydrogen (secondary N) is 2. The van der Waals surface area contributed by atoms with E-state index in [1.165, 1.54) is 33.1 Å². The van der Waals surface area contributed by atoms with Gasteiger partial charge in [0.15, 0.2) is 10.0 Å². The number of hydrogen-bond donors (Lipinski definition) is 3. The molecule has 7 rings (SSSR count). The molecular formula is C30H30N6O3S2. The quantitative estimate of drug-likeness (QED) is 0.285. The lowest BCUT2D eigenvalue weighted by Gasteiger charge is -2.18. The number of hydrogen-bond acceptors (Lipinski definition) is 9. The fourth-order valence-corrected chi connectivity index (χ4v) is 7.88. The van der Waals surface area contributed by atoms with Crippen LogP contribution in [0.1, 0.15) is 46.2 Å². The molecule has 3 N–H and O–H groups in total. The average Bonchev–Trinajstić information content (AvgIpc) is 3.81. The lowest BCUT2D eigenvalue weighted by molar-refractivity contribution is 0.0981. The van der Waals surface area contributed by atoms with Gasteiger partial charge in [-0.15, -0.1) is 22.7 Å². The van der Waals surface area contributed by atoms with Crippen molar-refractivity contribution in [2.24, 2.45) is 0 Å². The second kappa shape index (κ2) is 11.1. The summed E-state index contributed by atoms with van der Waals surface area (Å²) >= 11 is 2.90. The molecule has 11 heteroatoms. The number of aliphatic hydroxyl groups excluding tert-OH is 1. The first-order valence-corrected chi connectivity index (χ1v) is 15.6. The minimum Gasteiger partial charge on any atom is -0.395 e. The minimum absolute atomic E-state index is 0.0234. The summed E-state index contributed by atoms with van der Waals surface area (Å²) in [6.07, 6.45) is 4.14. The Morgan fingerprint density at radius 3 is 2.27 bits per heavy atom. The van der Waals surface area contributed by atoms with Crippen molar-refractivity contribution in [2.75, 3.05) is 42.6 Å². The van der Waals surface area contributed by atoms with Gasteiger partial charge in [0.1, 0.15) is 0 Å². The van der Waals surface area contributed by atoms with Crippen molar-refractivity contribution in [3.05, 3.63) is 79.2 Å². The maximum Gasteiger partial charge on any atom is 0.287 e. The second-order valence-electron chi connectivity index (χ2n) is 10.4. The Labute approximate surface area is 245 Å². The summed E-state index contributed by atoms with van der Waals surface area (Å²) in [5, 5.41) is 16.5. The Hall–Kier alpha value is -3.48. The molecule has 210 valence electrons. The number of amides is 2. The number of anilines is 2. The molecule has 0 spiro atoms. The normalized spacial score (nSPS) is 15.6. The van der Waals surface area contributed by atoms with Gasteiger partial charge in [0.05, 0.1) is 12.3 Å². The zero-order valence-corrected chi connectivity index (χ0v) is 24.1. The van der Waals surface area contributed by atoms with Crippen molar-refractivity contribution in [1.82, 2.24) is 20.6 Å². The first-order chi connectivity index (χ1) is 20.1. The molecule has 3 aliphatic heterocycles. The predicted molar refractivity (Wildman–Crippen MR) is 161 cm³/mol. The van der Waals surface area contributed by atoms with E-state index in [1.807, 2.05) is 34.1 Å². The molecule has 9 nitrogen and oxygen atoms in total. The first-order valence-electron chi connectivity index (χ1n) is 14.0. The molecule has 2 aromatic carbocycles. The summed E-state index contributed by atoms with van der Waals surface area (Å²) in [5.41, 5.74) is 7.49. The van der Waals surface area contributed by atoms with Crippen LogP contribution in [0.15, 0.2) is 42.6 Å². The van der Waals surface area contributed by atoms with Crippen LogP contribution in [0.2, 0.25) is 0 Å². The van der Waals surface area contributed by atoms with Crippen LogP contribution in [0.5, 0.6) is 0 Å². The third-order valence-corrected chi connectivity index (χ3v) is 10.0. The summed E-state index contributed by atoms with van der Waals surface area (Å²) in [6.45, 7) is 4.07. The molecule has 0 fully saturated rings. The maximum atomic E-state index is 13.6. The lowest BCUT2D eigenvalue weighted by atomic mass is 9.93. The third kappa shape index (κ3) is 4.77. The predicted octanol–water partition coefficient (Wildman–Crippen LogP) is 3.40. The van der Waals surface area contributed by atoms with Crippen LogP contribution in [-0.4, -0.2) is 59.7 Å². The smallest absolute Gasteiger partial charge is 0.287 e. The Kier molecular flexibility index (Phi) is 7.13. The molecule has 0 saturated carbocycles. The van der Waals surface area contributed by atoms with Gasteiger partial charge >= 0.3 is 0 Å². The van der Waals surface area contributed by atoms with Crippen molar-refractivity contribution in [3.8, 4) is 11.1 Å². The van der Waals surface area contributed by atoms with E-state index in [-0.39, 0.29) is 18.4 Å². The van der Waals surface area contributed by atoms with E-state index >= 15 is 0 Å². The minimum atomic E-state index is -0.0873. The largest absolute Gasteiger partial charge is 0.395 e. The number of nitrogens with zero attached hydrogens (tertiary/aromatic N) is 4. The molecule has 0 atom stereocenters. The highest BCUT2D eigenvalue weighted by atomic mass is 32.1. The number of rotatable bonds is 7. The monoisotopic (exact) mass is 586 g/mol. The van der Waals surface area contributed by atoms with Gasteiger partial charge in [-0.25, -0.2) is 9.97 Å². The van der Waals surface area contributed by atoms with E-state index in [1.54, 1.807) is 6.20 Å². The number of carbonyl (C=O) groups is 2. The van der Waals surface area contributed by atoms with Crippen LogP contribution in [-0.2, 0) is 32.4 Å². The molecule has 0 aliphatic carbocycles. The third-order valence-electron chi connectivity index (χ3n) is 7.95. The van der Waals surface area contributed by atoms with Crippen LogP contribution < -0.4 is 20.4 Å². The standard InChI is InChI=1S/C30H30N6O3S2/c37-14-11-32-15-18-16-33-27(40-18)29(38)35-12-8-21-19(3-1-5-24(21)35)20-4-2-6-25-22(20)9-13-36(25)30(39)28-34-23-7-10-31-17-26(23)41-28/h1-6,16,31-32,37H,7-15,17H2. The molecule has 0 radical (unpaired) electrons. The van der Waals surface area contributed by atoms with Gasteiger partial charge in [-0.2, -0.15) is 0 Å². The number of aromatic nitrogens is 2. The van der Waals surface area contributed by atoms with E-state index in [0.717, 1.165) is 71.0 Å². The highest BCUT2D eigenvalue weighted by molar-refractivity contribution is 7.14. The number of aliphatic hydroxyl groups is 1. The molecule has 0 unspecified atom stereocenters. The van der Waals surface area contributed by atoms with Gasteiger partial charge in [0.2, 0.25) is 0 Å². The van der Waals surface area contributed by atoms with E-state index in [4.69, 9.17) is 10.1 Å². The molecule has 0 saturated heterocycles. The topological polar surface area (TPSA) is 111 Å². The van der Waals surface area contributed by atoms with Crippen LogP contribution in [0.25, 0.3) is 11.1 Å². The van der Waals surface area contributed by atoms with Crippen LogP contribution in [0.3, 0.4) is 0 Å². The van der Waals surface area contributed by atoms with Crippen molar-refractivity contribution in [1.29, 1.82) is 0 Å². The fourth-order valence-electron chi connectivity index (χ4n) is 6.02. The molecule has 0 bridgehead atoms. The summed E-state index contributed by atoms with van der Waals surface area (Å²) in [4.78, 5) is 42.0. The van der Waals surface area contributed by atoms with Crippen molar-refractivity contribution < 1.29 is 14.7 Å². The Balaban J connectivity index is 1.15. The first kappa shape index (κ1) is 26.4. The molecule has 5 heterocycles. The zero-order chi connectivity index (χ0) is 27.9. The molecule has 3 aliphatic rings. The van der Waals surface area contributed by atoms with Gasteiger partial charge in [0, 0.05) is 73.0 Å². The van der Waals surface area contributed by atoms with Crippen LogP contribution in [0.4, 0.5) is 11.4 Å². The van der Waals surface area contributed by atoms with Gasteiger partial charge in [-0.3, -0.25) is 9.59 Å². The van der Waals surface area contributed by atoms with E-state index < -0.39 is 0 Å². The summed E-state index contributed by atoms with van der Waals surface area (Å²) in [7, 11) is 0. The molecular weight excluding hydrogens is 557 g/mol. The van der Waals surface area contributed by atoms with E-state index in [2.05, 4.69) is 27.8 Å². The van der Waals surface area contributed by atoms with Gasteiger partial charge in [-0.05, 0) is 47.2 Å². The molecule has 2 aromatic heterocycles.